The van der Waals surface area contributed by atoms with Crippen LogP contribution in [0.25, 0.3) is 0 Å². The van der Waals surface area contributed by atoms with Gasteiger partial charge in [-0.1, -0.05) is 25.4 Å². The second-order valence-electron chi connectivity index (χ2n) is 5.85. The average Bonchev–Trinajstić information content (AvgIpc) is 2.59. The number of aliphatic carboxylic acids is 1. The SMILES string of the molecule is CCC1CN(CC)CCN1S(=O)(=O)c1ccc(OCC(=O)O)c(Cl)c1. The Morgan fingerprint density at radius 3 is 2.64 bits per heavy atom. The van der Waals surface area contributed by atoms with Gasteiger partial charge in [-0.15, -0.1) is 0 Å². The summed E-state index contributed by atoms with van der Waals surface area (Å²) in [6, 6.07) is 4.02. The van der Waals surface area contributed by atoms with Crippen molar-refractivity contribution in [3.05, 3.63) is 23.2 Å². The highest BCUT2D eigenvalue weighted by atomic mass is 35.5. The highest BCUT2D eigenvalue weighted by Crippen LogP contribution is 2.30. The van der Waals surface area contributed by atoms with Crippen LogP contribution in [-0.2, 0) is 14.8 Å². The van der Waals surface area contributed by atoms with E-state index in [-0.39, 0.29) is 21.7 Å². The van der Waals surface area contributed by atoms with E-state index < -0.39 is 22.6 Å². The Kier molecular flexibility index (Phi) is 6.67. The molecule has 1 aliphatic rings. The third-order valence-electron chi connectivity index (χ3n) is 4.29. The summed E-state index contributed by atoms with van der Waals surface area (Å²) >= 11 is 6.06. The molecular formula is C16H23ClN2O5S. The second-order valence-corrected chi connectivity index (χ2v) is 8.14. The van der Waals surface area contributed by atoms with E-state index in [0.717, 1.165) is 13.0 Å². The first kappa shape index (κ1) is 20.0. The highest BCUT2D eigenvalue weighted by Gasteiger charge is 2.35. The van der Waals surface area contributed by atoms with Crippen molar-refractivity contribution in [1.29, 1.82) is 0 Å². The van der Waals surface area contributed by atoms with Gasteiger partial charge in [0, 0.05) is 25.7 Å². The molecule has 0 amide bonds. The zero-order valence-electron chi connectivity index (χ0n) is 14.3. The van der Waals surface area contributed by atoms with Crippen molar-refractivity contribution in [2.45, 2.75) is 31.2 Å². The van der Waals surface area contributed by atoms with Crippen LogP contribution in [0.2, 0.25) is 5.02 Å². The molecule has 1 aliphatic heterocycles. The summed E-state index contributed by atoms with van der Waals surface area (Å²) in [5.41, 5.74) is 0. The lowest BCUT2D eigenvalue weighted by Gasteiger charge is -2.39. The van der Waals surface area contributed by atoms with Gasteiger partial charge in [-0.2, -0.15) is 4.31 Å². The Labute approximate surface area is 153 Å². The van der Waals surface area contributed by atoms with E-state index in [4.69, 9.17) is 21.4 Å². The summed E-state index contributed by atoms with van der Waals surface area (Å²) in [7, 11) is -3.68. The highest BCUT2D eigenvalue weighted by molar-refractivity contribution is 7.89. The number of ether oxygens (including phenoxy) is 1. The van der Waals surface area contributed by atoms with E-state index in [0.29, 0.717) is 19.6 Å². The van der Waals surface area contributed by atoms with Crippen LogP contribution in [0, 0.1) is 0 Å². The lowest BCUT2D eigenvalue weighted by atomic mass is 10.1. The summed E-state index contributed by atoms with van der Waals surface area (Å²) in [5.74, 6) is -0.988. The molecule has 1 N–H and O–H groups in total. The number of rotatable bonds is 7. The molecule has 0 spiro atoms. The first-order chi connectivity index (χ1) is 11.8. The van der Waals surface area contributed by atoms with Crippen LogP contribution in [0.4, 0.5) is 0 Å². The predicted molar refractivity (Wildman–Crippen MR) is 94.7 cm³/mol. The number of carboxylic acids is 1. The number of sulfonamides is 1. The van der Waals surface area contributed by atoms with Gasteiger partial charge < -0.3 is 14.7 Å². The summed E-state index contributed by atoms with van der Waals surface area (Å²) in [5, 5.41) is 8.71. The first-order valence-electron chi connectivity index (χ1n) is 8.17. The molecule has 9 heteroatoms. The van der Waals surface area contributed by atoms with Crippen molar-refractivity contribution in [3.8, 4) is 5.75 Å². The van der Waals surface area contributed by atoms with Crippen molar-refractivity contribution < 1.29 is 23.1 Å². The first-order valence-corrected chi connectivity index (χ1v) is 9.99. The fraction of sp³-hybridized carbons (Fsp3) is 0.562. The largest absolute Gasteiger partial charge is 0.480 e. The fourth-order valence-corrected chi connectivity index (χ4v) is 4.88. The molecule has 0 bridgehead atoms. The van der Waals surface area contributed by atoms with Gasteiger partial charge in [0.05, 0.1) is 9.92 Å². The Balaban J connectivity index is 2.24. The second kappa shape index (κ2) is 8.35. The maximum absolute atomic E-state index is 13.0. The molecule has 1 saturated heterocycles. The molecule has 1 unspecified atom stereocenters. The number of piperazine rings is 1. The molecule has 2 rings (SSSR count). The van der Waals surface area contributed by atoms with Crippen molar-refractivity contribution in [2.24, 2.45) is 0 Å². The van der Waals surface area contributed by atoms with E-state index in [1.165, 1.54) is 22.5 Å². The van der Waals surface area contributed by atoms with Gasteiger partial charge in [0.1, 0.15) is 5.75 Å². The number of carboxylic acid groups (broad SMARTS) is 1. The topological polar surface area (TPSA) is 87.2 Å². The van der Waals surface area contributed by atoms with Gasteiger partial charge >= 0.3 is 5.97 Å². The number of halogens is 1. The number of hydrogen-bond acceptors (Lipinski definition) is 5. The number of benzene rings is 1. The maximum Gasteiger partial charge on any atom is 0.341 e. The van der Waals surface area contributed by atoms with E-state index in [9.17, 15) is 13.2 Å². The molecule has 1 fully saturated rings. The standard InChI is InChI=1S/C16H23ClN2O5S/c1-3-12-10-18(4-2)7-8-19(12)25(22,23)13-5-6-15(14(17)9-13)24-11-16(20)21/h5-6,9,12H,3-4,7-8,10-11H2,1-2H3,(H,20,21). The van der Waals surface area contributed by atoms with Crippen LogP contribution >= 0.6 is 11.6 Å². The lowest BCUT2D eigenvalue weighted by molar-refractivity contribution is -0.139. The Morgan fingerprint density at radius 1 is 1.36 bits per heavy atom. The van der Waals surface area contributed by atoms with Crippen LogP contribution in [0.3, 0.4) is 0 Å². The molecule has 7 nitrogen and oxygen atoms in total. The smallest absolute Gasteiger partial charge is 0.341 e. The maximum atomic E-state index is 13.0. The molecule has 140 valence electrons. The molecule has 0 radical (unpaired) electrons. The lowest BCUT2D eigenvalue weighted by Crippen LogP contribution is -2.54. The van der Waals surface area contributed by atoms with E-state index in [1.54, 1.807) is 0 Å². The molecule has 0 aromatic heterocycles. The van der Waals surface area contributed by atoms with Crippen molar-refractivity contribution in [2.75, 3.05) is 32.8 Å². The molecule has 1 aromatic rings. The number of nitrogens with zero attached hydrogens (tertiary/aromatic N) is 2. The van der Waals surface area contributed by atoms with Gasteiger partial charge in [0.15, 0.2) is 6.61 Å². The summed E-state index contributed by atoms with van der Waals surface area (Å²) < 4.78 is 32.6. The minimum Gasteiger partial charge on any atom is -0.480 e. The van der Waals surface area contributed by atoms with Gasteiger partial charge in [0.25, 0.3) is 0 Å². The van der Waals surface area contributed by atoms with Crippen molar-refractivity contribution in [1.82, 2.24) is 9.21 Å². The Bertz CT molecular complexity index is 725. The minimum absolute atomic E-state index is 0.0718. The zero-order valence-corrected chi connectivity index (χ0v) is 15.9. The third-order valence-corrected chi connectivity index (χ3v) is 6.54. The van der Waals surface area contributed by atoms with Crippen LogP contribution in [0.5, 0.6) is 5.75 Å². The monoisotopic (exact) mass is 390 g/mol. The zero-order chi connectivity index (χ0) is 18.6. The Hall–Kier alpha value is -1.35. The average molecular weight is 391 g/mol. The molecule has 1 heterocycles. The van der Waals surface area contributed by atoms with Gasteiger partial charge in [-0.05, 0) is 31.2 Å². The van der Waals surface area contributed by atoms with E-state index >= 15 is 0 Å². The van der Waals surface area contributed by atoms with Gasteiger partial charge in [-0.3, -0.25) is 0 Å². The minimum atomic E-state index is -3.68. The predicted octanol–water partition coefficient (Wildman–Crippen LogP) is 1.91. The third kappa shape index (κ3) is 4.63. The van der Waals surface area contributed by atoms with Crippen LogP contribution in [0.1, 0.15) is 20.3 Å². The van der Waals surface area contributed by atoms with Gasteiger partial charge in [-0.25, -0.2) is 13.2 Å². The molecular weight excluding hydrogens is 368 g/mol. The Morgan fingerprint density at radius 2 is 2.08 bits per heavy atom. The molecule has 0 saturated carbocycles. The molecule has 25 heavy (non-hydrogen) atoms. The fourth-order valence-electron chi connectivity index (χ4n) is 2.87. The number of hydrogen-bond donors (Lipinski definition) is 1. The van der Waals surface area contributed by atoms with Crippen LogP contribution in [-0.4, -0.2) is 67.5 Å². The summed E-state index contributed by atoms with van der Waals surface area (Å²) in [6.45, 7) is 6.23. The summed E-state index contributed by atoms with van der Waals surface area (Å²) in [6.07, 6.45) is 0.725. The molecule has 1 atom stereocenters. The van der Waals surface area contributed by atoms with E-state index in [2.05, 4.69) is 11.8 Å². The number of likely N-dealkylation sites (N-methyl/N-ethyl adjacent to an activating group) is 1. The summed E-state index contributed by atoms with van der Waals surface area (Å²) in [4.78, 5) is 12.9. The van der Waals surface area contributed by atoms with Crippen molar-refractivity contribution in [3.63, 3.8) is 0 Å². The normalized spacial score (nSPS) is 19.7. The van der Waals surface area contributed by atoms with Gasteiger partial charge in [0.2, 0.25) is 10.0 Å². The van der Waals surface area contributed by atoms with Crippen LogP contribution in [0.15, 0.2) is 23.1 Å². The van der Waals surface area contributed by atoms with Crippen molar-refractivity contribution >= 4 is 27.6 Å². The molecule has 1 aromatic carbocycles. The molecule has 0 aliphatic carbocycles. The van der Waals surface area contributed by atoms with Crippen LogP contribution < -0.4 is 4.74 Å². The quantitative estimate of drug-likeness (QED) is 0.765. The number of carbonyl (C=O) groups is 1. The van der Waals surface area contributed by atoms with E-state index in [1.807, 2.05) is 6.92 Å².